The molecule has 2 aromatic heterocycles. The van der Waals surface area contributed by atoms with E-state index in [0.29, 0.717) is 17.5 Å². The summed E-state index contributed by atoms with van der Waals surface area (Å²) in [5.74, 6) is -0.0124. The normalized spacial score (nSPS) is 11.5. The van der Waals surface area contributed by atoms with Gasteiger partial charge in [-0.3, -0.25) is 9.48 Å². The van der Waals surface area contributed by atoms with Crippen LogP contribution in [0.5, 0.6) is 5.75 Å². The van der Waals surface area contributed by atoms with Gasteiger partial charge in [-0.25, -0.2) is 4.68 Å². The number of hydrogen-bond acceptors (Lipinski definition) is 4. The zero-order chi connectivity index (χ0) is 20.5. The third-order valence-electron chi connectivity index (χ3n) is 3.98. The molecule has 7 nitrogen and oxygen atoms in total. The molecule has 0 radical (unpaired) electrons. The van der Waals surface area contributed by atoms with Crippen LogP contribution in [-0.4, -0.2) is 25.5 Å². The number of halogens is 3. The van der Waals surface area contributed by atoms with Crippen LogP contribution in [0.1, 0.15) is 27.3 Å². The molecular formula is C18H18F3N5O2. The molecule has 0 unspecified atom stereocenters. The molecule has 0 atom stereocenters. The molecule has 148 valence electrons. The molecule has 0 saturated carbocycles. The third-order valence-corrected chi connectivity index (χ3v) is 3.98. The van der Waals surface area contributed by atoms with E-state index in [1.54, 1.807) is 0 Å². The highest BCUT2D eigenvalue weighted by Crippen LogP contribution is 2.28. The van der Waals surface area contributed by atoms with Crippen molar-refractivity contribution in [2.24, 2.45) is 7.05 Å². The van der Waals surface area contributed by atoms with Crippen LogP contribution in [0.25, 0.3) is 0 Å². The zero-order valence-corrected chi connectivity index (χ0v) is 15.4. The minimum Gasteiger partial charge on any atom is -0.471 e. The van der Waals surface area contributed by atoms with Crippen LogP contribution in [0.4, 0.5) is 18.9 Å². The average molecular weight is 393 g/mol. The Labute approximate surface area is 158 Å². The summed E-state index contributed by atoms with van der Waals surface area (Å²) >= 11 is 0. The fraction of sp³-hybridized carbons (Fsp3) is 0.278. The smallest absolute Gasteiger partial charge is 0.435 e. The lowest BCUT2D eigenvalue weighted by Crippen LogP contribution is -2.15. The van der Waals surface area contributed by atoms with E-state index in [4.69, 9.17) is 4.74 Å². The summed E-state index contributed by atoms with van der Waals surface area (Å²) in [5, 5.41) is 9.88. The second-order valence-corrected chi connectivity index (χ2v) is 6.30. The van der Waals surface area contributed by atoms with E-state index in [1.165, 1.54) is 24.1 Å². The molecule has 3 rings (SSSR count). The van der Waals surface area contributed by atoms with Gasteiger partial charge in [-0.15, -0.1) is 0 Å². The van der Waals surface area contributed by atoms with E-state index in [2.05, 4.69) is 15.5 Å². The Balaban J connectivity index is 1.64. The molecule has 3 aromatic rings. The average Bonchev–Trinajstić information content (AvgIpc) is 3.20. The molecular weight excluding hydrogens is 375 g/mol. The third kappa shape index (κ3) is 4.33. The molecule has 10 heteroatoms. The van der Waals surface area contributed by atoms with E-state index in [-0.39, 0.29) is 12.4 Å². The van der Waals surface area contributed by atoms with Crippen LogP contribution in [0.2, 0.25) is 0 Å². The molecule has 28 heavy (non-hydrogen) atoms. The van der Waals surface area contributed by atoms with Crippen molar-refractivity contribution in [3.63, 3.8) is 0 Å². The Morgan fingerprint density at radius 1 is 1.25 bits per heavy atom. The van der Waals surface area contributed by atoms with Crippen molar-refractivity contribution in [3.05, 3.63) is 59.2 Å². The van der Waals surface area contributed by atoms with Gasteiger partial charge >= 0.3 is 6.18 Å². The molecule has 0 bridgehead atoms. The number of ether oxygens (including phenoxy) is 1. The monoisotopic (exact) mass is 393 g/mol. The van der Waals surface area contributed by atoms with Crippen molar-refractivity contribution >= 4 is 11.6 Å². The summed E-state index contributed by atoms with van der Waals surface area (Å²) in [6.07, 6.45) is -1.72. The van der Waals surface area contributed by atoms with Gasteiger partial charge in [0, 0.05) is 13.1 Å². The highest BCUT2D eigenvalue weighted by Gasteiger charge is 2.35. The fourth-order valence-electron chi connectivity index (χ4n) is 2.61. The zero-order valence-electron chi connectivity index (χ0n) is 15.4. The highest BCUT2D eigenvalue weighted by atomic mass is 19.4. The Morgan fingerprint density at radius 3 is 2.64 bits per heavy atom. The fourth-order valence-corrected chi connectivity index (χ4v) is 2.61. The molecule has 0 spiro atoms. The van der Waals surface area contributed by atoms with Crippen LogP contribution in [0.3, 0.4) is 0 Å². The molecule has 0 saturated heterocycles. The molecule has 0 aliphatic heterocycles. The lowest BCUT2D eigenvalue weighted by Gasteiger charge is -2.09. The summed E-state index contributed by atoms with van der Waals surface area (Å²) in [4.78, 5) is 12.2. The molecule has 0 fully saturated rings. The maximum Gasteiger partial charge on any atom is 0.435 e. The molecule has 0 aliphatic carbocycles. The summed E-state index contributed by atoms with van der Waals surface area (Å²) in [7, 11) is 1.27. The lowest BCUT2D eigenvalue weighted by molar-refractivity contribution is -0.141. The van der Waals surface area contributed by atoms with Gasteiger partial charge in [-0.2, -0.15) is 23.4 Å². The number of aryl methyl sites for hydroxylation is 3. The minimum atomic E-state index is -4.62. The Hall–Kier alpha value is -3.30. The van der Waals surface area contributed by atoms with Crippen molar-refractivity contribution < 1.29 is 22.7 Å². The van der Waals surface area contributed by atoms with Gasteiger partial charge in [-0.1, -0.05) is 17.7 Å². The number of rotatable bonds is 5. The summed E-state index contributed by atoms with van der Waals surface area (Å²) in [6.45, 7) is 4.03. The summed E-state index contributed by atoms with van der Waals surface area (Å²) in [5.41, 5.74) is 1.09. The maximum absolute atomic E-state index is 12.7. The first kappa shape index (κ1) is 19.5. The Bertz CT molecular complexity index is 1010. The number of nitrogens with one attached hydrogen (secondary N) is 1. The second-order valence-electron chi connectivity index (χ2n) is 6.30. The number of carbonyl (C=O) groups excluding carboxylic acids is 1. The largest absolute Gasteiger partial charge is 0.471 e. The van der Waals surface area contributed by atoms with Crippen LogP contribution in [0, 0.1) is 13.8 Å². The quantitative estimate of drug-likeness (QED) is 0.720. The van der Waals surface area contributed by atoms with E-state index in [1.807, 2.05) is 32.0 Å². The van der Waals surface area contributed by atoms with Crippen LogP contribution in [0.15, 0.2) is 36.7 Å². The number of alkyl halides is 3. The van der Waals surface area contributed by atoms with Gasteiger partial charge in [0.05, 0.1) is 18.1 Å². The number of carbonyl (C=O) groups is 1. The topological polar surface area (TPSA) is 74.0 Å². The van der Waals surface area contributed by atoms with Gasteiger partial charge in [-0.05, 0) is 25.5 Å². The maximum atomic E-state index is 12.7. The predicted octanol–water partition coefficient (Wildman–Crippen LogP) is 3.54. The Morgan fingerprint density at radius 2 is 2.00 bits per heavy atom. The first-order chi connectivity index (χ1) is 13.1. The first-order valence-corrected chi connectivity index (χ1v) is 8.28. The van der Waals surface area contributed by atoms with E-state index in [0.717, 1.165) is 15.8 Å². The molecule has 1 N–H and O–H groups in total. The van der Waals surface area contributed by atoms with Crippen LogP contribution in [-0.2, 0) is 20.0 Å². The standard InChI is InChI=1S/C18H18F3N5O2/c1-11-4-5-15(12(2)6-11)28-10-26-9-13(8-22-26)23-17(27)14-7-16(18(19,20)21)24-25(14)3/h4-9H,10H2,1-3H3,(H,23,27). The predicted molar refractivity (Wildman–Crippen MR) is 94.9 cm³/mol. The number of amides is 1. The van der Waals surface area contributed by atoms with Gasteiger partial charge in [0.15, 0.2) is 12.4 Å². The number of nitrogens with zero attached hydrogens (tertiary/aromatic N) is 4. The Kier molecular flexibility index (Phi) is 5.12. The van der Waals surface area contributed by atoms with Crippen molar-refractivity contribution in [2.75, 3.05) is 5.32 Å². The van der Waals surface area contributed by atoms with Gasteiger partial charge in [0.1, 0.15) is 11.4 Å². The minimum absolute atomic E-state index is 0.115. The van der Waals surface area contributed by atoms with Crippen molar-refractivity contribution in [3.8, 4) is 5.75 Å². The molecule has 1 amide bonds. The van der Waals surface area contributed by atoms with Crippen molar-refractivity contribution in [1.29, 1.82) is 0 Å². The van der Waals surface area contributed by atoms with E-state index >= 15 is 0 Å². The van der Waals surface area contributed by atoms with Gasteiger partial charge in [0.25, 0.3) is 5.91 Å². The number of benzene rings is 1. The highest BCUT2D eigenvalue weighted by molar-refractivity contribution is 6.03. The van der Waals surface area contributed by atoms with Crippen LogP contribution < -0.4 is 10.1 Å². The van der Waals surface area contributed by atoms with Crippen LogP contribution >= 0.6 is 0 Å². The van der Waals surface area contributed by atoms with Gasteiger partial charge < -0.3 is 10.1 Å². The number of aromatic nitrogens is 4. The van der Waals surface area contributed by atoms with Crippen molar-refractivity contribution in [2.45, 2.75) is 26.8 Å². The van der Waals surface area contributed by atoms with Gasteiger partial charge in [0.2, 0.25) is 0 Å². The molecule has 0 aliphatic rings. The summed E-state index contributed by atoms with van der Waals surface area (Å²) in [6, 6.07) is 6.48. The lowest BCUT2D eigenvalue weighted by atomic mass is 10.1. The molecule has 1 aromatic carbocycles. The SMILES string of the molecule is Cc1ccc(OCn2cc(NC(=O)c3cc(C(F)(F)F)nn3C)cn2)c(C)c1. The van der Waals surface area contributed by atoms with E-state index < -0.39 is 17.8 Å². The second kappa shape index (κ2) is 7.37. The number of hydrogen-bond donors (Lipinski definition) is 1. The summed E-state index contributed by atoms with van der Waals surface area (Å²) < 4.78 is 46.2. The van der Waals surface area contributed by atoms with Crippen molar-refractivity contribution in [1.82, 2.24) is 19.6 Å². The number of anilines is 1. The molecule has 2 heterocycles. The first-order valence-electron chi connectivity index (χ1n) is 8.28. The van der Waals surface area contributed by atoms with E-state index in [9.17, 15) is 18.0 Å².